The van der Waals surface area contributed by atoms with E-state index >= 15 is 0 Å². The van der Waals surface area contributed by atoms with Gasteiger partial charge in [-0.15, -0.1) is 5.10 Å². The van der Waals surface area contributed by atoms with Gasteiger partial charge in [-0.2, -0.15) is 0 Å². The van der Waals surface area contributed by atoms with Crippen LogP contribution in [-0.4, -0.2) is 28.0 Å². The predicted octanol–water partition coefficient (Wildman–Crippen LogP) is 3.48. The van der Waals surface area contributed by atoms with Gasteiger partial charge < -0.3 is 15.8 Å². The molecule has 0 aliphatic carbocycles. The minimum absolute atomic E-state index is 0.00839. The number of aromatic nitrogens is 3. The van der Waals surface area contributed by atoms with Crippen molar-refractivity contribution in [2.45, 2.75) is 6.54 Å². The molecule has 0 atom stereocenters. The highest BCUT2D eigenvalue weighted by molar-refractivity contribution is 6.31. The molecule has 3 aromatic rings. The second-order valence-electron chi connectivity index (χ2n) is 5.41. The zero-order chi connectivity index (χ0) is 18.7. The average molecular weight is 392 g/mol. The topological polar surface area (TPSA) is 95.1 Å². The molecule has 0 spiro atoms. The van der Waals surface area contributed by atoms with E-state index in [1.165, 1.54) is 11.8 Å². The number of nitrogens with zero attached hydrogens (tertiary/aromatic N) is 3. The molecular formula is C17H15Cl2N5O2. The first kappa shape index (κ1) is 18.0. The van der Waals surface area contributed by atoms with E-state index < -0.39 is 5.91 Å². The van der Waals surface area contributed by atoms with Gasteiger partial charge in [-0.3, -0.25) is 4.79 Å². The number of halogens is 2. The van der Waals surface area contributed by atoms with E-state index in [1.54, 1.807) is 30.3 Å². The summed E-state index contributed by atoms with van der Waals surface area (Å²) in [6.07, 6.45) is 0. The Kier molecular flexibility index (Phi) is 5.29. The third kappa shape index (κ3) is 3.89. The molecule has 0 saturated carbocycles. The molecule has 3 N–H and O–H groups in total. The lowest BCUT2D eigenvalue weighted by atomic mass is 10.2. The Labute approximate surface area is 159 Å². The highest BCUT2D eigenvalue weighted by Crippen LogP contribution is 2.28. The number of hydrogen-bond acceptors (Lipinski definition) is 5. The van der Waals surface area contributed by atoms with Crippen molar-refractivity contribution in [3.63, 3.8) is 0 Å². The third-order valence-electron chi connectivity index (χ3n) is 3.62. The lowest BCUT2D eigenvalue weighted by Gasteiger charge is -2.10. The second-order valence-corrected chi connectivity index (χ2v) is 6.28. The summed E-state index contributed by atoms with van der Waals surface area (Å²) in [7, 11) is 1.49. The number of nitrogens with two attached hydrogens (primary N) is 1. The number of nitrogen functional groups attached to an aromatic ring is 1. The van der Waals surface area contributed by atoms with Crippen molar-refractivity contribution in [2.75, 3.05) is 18.2 Å². The molecule has 0 aliphatic rings. The molecule has 2 aromatic carbocycles. The van der Waals surface area contributed by atoms with Crippen LogP contribution in [0.5, 0.6) is 5.75 Å². The van der Waals surface area contributed by atoms with Gasteiger partial charge in [0.15, 0.2) is 11.5 Å². The first-order valence-electron chi connectivity index (χ1n) is 7.56. The summed E-state index contributed by atoms with van der Waals surface area (Å²) in [5.41, 5.74) is 7.34. The number of anilines is 2. The van der Waals surface area contributed by atoms with Crippen LogP contribution in [0.1, 0.15) is 16.1 Å². The summed E-state index contributed by atoms with van der Waals surface area (Å²) in [5, 5.41) is 11.6. The van der Waals surface area contributed by atoms with Crippen LogP contribution in [0.4, 0.5) is 11.5 Å². The van der Waals surface area contributed by atoms with Crippen LogP contribution < -0.4 is 15.8 Å². The normalized spacial score (nSPS) is 10.6. The average Bonchev–Trinajstić information content (AvgIpc) is 2.96. The van der Waals surface area contributed by atoms with Crippen molar-refractivity contribution in [3.05, 3.63) is 63.8 Å². The molecule has 0 aliphatic heterocycles. The number of hydrogen-bond donors (Lipinski definition) is 2. The molecule has 134 valence electrons. The first-order valence-corrected chi connectivity index (χ1v) is 8.32. The molecule has 0 radical (unpaired) electrons. The van der Waals surface area contributed by atoms with Crippen LogP contribution in [0.3, 0.4) is 0 Å². The number of amides is 1. The van der Waals surface area contributed by atoms with Crippen LogP contribution >= 0.6 is 23.2 Å². The second kappa shape index (κ2) is 7.63. The number of benzene rings is 2. The molecule has 3 rings (SSSR count). The van der Waals surface area contributed by atoms with E-state index in [9.17, 15) is 4.79 Å². The molecular weight excluding hydrogens is 377 g/mol. The van der Waals surface area contributed by atoms with E-state index in [4.69, 9.17) is 33.7 Å². The van der Waals surface area contributed by atoms with Crippen molar-refractivity contribution in [1.82, 2.24) is 15.0 Å². The highest BCUT2D eigenvalue weighted by atomic mass is 35.5. The van der Waals surface area contributed by atoms with Crippen LogP contribution in [0, 0.1) is 0 Å². The fourth-order valence-electron chi connectivity index (χ4n) is 2.37. The monoisotopic (exact) mass is 391 g/mol. The lowest BCUT2D eigenvalue weighted by Crippen LogP contribution is -2.16. The number of nitrogens with one attached hydrogen (secondary N) is 1. The summed E-state index contributed by atoms with van der Waals surface area (Å²) in [6, 6.07) is 12.1. The SMILES string of the molecule is COc1ccc(Cl)cc1NC(=O)c1nnn(Cc2cccc(Cl)c2)c1N. The van der Waals surface area contributed by atoms with Gasteiger partial charge in [-0.1, -0.05) is 40.5 Å². The minimum atomic E-state index is -0.514. The summed E-state index contributed by atoms with van der Waals surface area (Å²) < 4.78 is 6.63. The summed E-state index contributed by atoms with van der Waals surface area (Å²) in [6.45, 7) is 0.340. The summed E-state index contributed by atoms with van der Waals surface area (Å²) in [5.74, 6) is 0.0940. The van der Waals surface area contributed by atoms with Crippen molar-refractivity contribution >= 4 is 40.6 Å². The van der Waals surface area contributed by atoms with Gasteiger partial charge in [-0.05, 0) is 35.9 Å². The van der Waals surface area contributed by atoms with Gasteiger partial charge in [-0.25, -0.2) is 4.68 Å². The Balaban J connectivity index is 1.81. The Morgan fingerprint density at radius 3 is 2.73 bits per heavy atom. The fourth-order valence-corrected chi connectivity index (χ4v) is 2.75. The van der Waals surface area contributed by atoms with E-state index in [-0.39, 0.29) is 11.5 Å². The molecule has 0 unspecified atom stereocenters. The minimum Gasteiger partial charge on any atom is -0.495 e. The molecule has 26 heavy (non-hydrogen) atoms. The van der Waals surface area contributed by atoms with E-state index in [0.29, 0.717) is 28.0 Å². The van der Waals surface area contributed by atoms with Gasteiger partial charge >= 0.3 is 0 Å². The zero-order valence-corrected chi connectivity index (χ0v) is 15.3. The molecule has 9 heteroatoms. The Morgan fingerprint density at radius 2 is 2.00 bits per heavy atom. The quantitative estimate of drug-likeness (QED) is 0.693. The number of ether oxygens (including phenoxy) is 1. The highest BCUT2D eigenvalue weighted by Gasteiger charge is 2.19. The van der Waals surface area contributed by atoms with Crippen LogP contribution in [0.25, 0.3) is 0 Å². The van der Waals surface area contributed by atoms with Crippen molar-refractivity contribution in [3.8, 4) is 5.75 Å². The number of carbonyl (C=O) groups is 1. The van der Waals surface area contributed by atoms with Gasteiger partial charge in [0, 0.05) is 10.0 Å². The summed E-state index contributed by atoms with van der Waals surface area (Å²) in [4.78, 5) is 12.5. The molecule has 1 aromatic heterocycles. The Bertz CT molecular complexity index is 958. The van der Waals surface area contributed by atoms with Gasteiger partial charge in [0.2, 0.25) is 0 Å². The van der Waals surface area contributed by atoms with Crippen LogP contribution in [0.15, 0.2) is 42.5 Å². The molecule has 1 heterocycles. The largest absolute Gasteiger partial charge is 0.495 e. The maximum atomic E-state index is 12.5. The number of methoxy groups -OCH3 is 1. The van der Waals surface area contributed by atoms with Crippen molar-refractivity contribution < 1.29 is 9.53 Å². The summed E-state index contributed by atoms with van der Waals surface area (Å²) >= 11 is 11.9. The maximum Gasteiger partial charge on any atom is 0.280 e. The van der Waals surface area contributed by atoms with E-state index in [1.807, 2.05) is 12.1 Å². The van der Waals surface area contributed by atoms with Crippen LogP contribution in [0.2, 0.25) is 10.0 Å². The van der Waals surface area contributed by atoms with Gasteiger partial charge in [0.05, 0.1) is 19.3 Å². The zero-order valence-electron chi connectivity index (χ0n) is 13.7. The number of carbonyl (C=O) groups excluding carboxylic acids is 1. The van der Waals surface area contributed by atoms with Gasteiger partial charge in [0.1, 0.15) is 5.75 Å². The molecule has 7 nitrogen and oxygen atoms in total. The predicted molar refractivity (Wildman–Crippen MR) is 101 cm³/mol. The first-order chi connectivity index (χ1) is 12.5. The molecule has 0 saturated heterocycles. The molecule has 0 bridgehead atoms. The Hall–Kier alpha value is -2.77. The fraction of sp³-hybridized carbons (Fsp3) is 0.118. The smallest absolute Gasteiger partial charge is 0.280 e. The third-order valence-corrected chi connectivity index (χ3v) is 4.09. The standard InChI is InChI=1S/C17H15Cl2N5O2/c1-26-14-6-5-12(19)8-13(14)21-17(25)15-16(20)24(23-22-15)9-10-3-2-4-11(18)7-10/h2-8H,9,20H2,1H3,(H,21,25). The maximum absolute atomic E-state index is 12.5. The van der Waals surface area contributed by atoms with Gasteiger partial charge in [0.25, 0.3) is 5.91 Å². The molecule has 1 amide bonds. The van der Waals surface area contributed by atoms with Crippen LogP contribution in [-0.2, 0) is 6.54 Å². The van der Waals surface area contributed by atoms with E-state index in [0.717, 1.165) is 5.56 Å². The molecule has 0 fully saturated rings. The lowest BCUT2D eigenvalue weighted by molar-refractivity contribution is 0.102. The van der Waals surface area contributed by atoms with Crippen molar-refractivity contribution in [2.24, 2.45) is 0 Å². The number of rotatable bonds is 5. The van der Waals surface area contributed by atoms with Crippen molar-refractivity contribution in [1.29, 1.82) is 0 Å². The Morgan fingerprint density at radius 1 is 1.23 bits per heavy atom. The van der Waals surface area contributed by atoms with E-state index in [2.05, 4.69) is 15.6 Å².